The second-order valence-corrected chi connectivity index (χ2v) is 8.32. The average molecular weight is 502 g/mol. The molecule has 202 valence electrons. The Labute approximate surface area is 206 Å². The summed E-state index contributed by atoms with van der Waals surface area (Å²) in [6, 6.07) is -3.94. The third-order valence-corrected chi connectivity index (χ3v) is 5.19. The number of guanidine groups is 1. The molecule has 0 aliphatic heterocycles. The molecule has 14 N–H and O–H groups in total. The Morgan fingerprint density at radius 2 is 1.26 bits per heavy atom. The van der Waals surface area contributed by atoms with Gasteiger partial charge in [-0.1, -0.05) is 0 Å². The van der Waals surface area contributed by atoms with Gasteiger partial charge in [-0.15, -0.1) is 0 Å². The van der Waals surface area contributed by atoms with Crippen molar-refractivity contribution in [2.24, 2.45) is 33.7 Å². The van der Waals surface area contributed by atoms with Crippen LogP contribution in [0.2, 0.25) is 0 Å². The largest absolute Gasteiger partial charge is 0.480 e. The SMILES string of the molecule is CC(NC(=O)C(CCCCN)NC(=O)C(CCCCN)NC(=O)C(N)CCCN=C(N)N)C(=O)O. The lowest BCUT2D eigenvalue weighted by Gasteiger charge is -2.25. The molecule has 0 saturated heterocycles. The maximum atomic E-state index is 13.0. The smallest absolute Gasteiger partial charge is 0.325 e. The highest BCUT2D eigenvalue weighted by atomic mass is 16.4. The minimum absolute atomic E-state index is 0.0533. The molecular weight excluding hydrogens is 458 g/mol. The van der Waals surface area contributed by atoms with Gasteiger partial charge in [0.1, 0.15) is 18.1 Å². The molecule has 0 spiro atoms. The second kappa shape index (κ2) is 18.4. The third kappa shape index (κ3) is 14.8. The van der Waals surface area contributed by atoms with Crippen molar-refractivity contribution in [1.82, 2.24) is 16.0 Å². The van der Waals surface area contributed by atoms with Gasteiger partial charge in [-0.05, 0) is 71.4 Å². The Hall–Kier alpha value is -2.97. The number of carbonyl (C=O) groups is 4. The minimum atomic E-state index is -1.20. The lowest BCUT2D eigenvalue weighted by atomic mass is 10.0. The summed E-state index contributed by atoms with van der Waals surface area (Å²) in [5.41, 5.74) is 27.5. The van der Waals surface area contributed by atoms with E-state index < -0.39 is 47.9 Å². The van der Waals surface area contributed by atoms with Crippen molar-refractivity contribution in [3.8, 4) is 0 Å². The number of carboxylic acid groups (broad SMARTS) is 1. The molecule has 0 fully saturated rings. The third-order valence-electron chi connectivity index (χ3n) is 5.19. The van der Waals surface area contributed by atoms with Crippen molar-refractivity contribution < 1.29 is 24.3 Å². The van der Waals surface area contributed by atoms with Crippen LogP contribution < -0.4 is 44.6 Å². The Bertz CT molecular complexity index is 701. The number of amides is 3. The number of rotatable bonds is 19. The van der Waals surface area contributed by atoms with E-state index in [2.05, 4.69) is 20.9 Å². The monoisotopic (exact) mass is 501 g/mol. The molecule has 0 aliphatic rings. The maximum Gasteiger partial charge on any atom is 0.325 e. The van der Waals surface area contributed by atoms with Gasteiger partial charge in [0.05, 0.1) is 6.04 Å². The Morgan fingerprint density at radius 1 is 0.771 bits per heavy atom. The number of carboxylic acids is 1. The van der Waals surface area contributed by atoms with Crippen LogP contribution in [0.3, 0.4) is 0 Å². The van der Waals surface area contributed by atoms with Crippen molar-refractivity contribution in [3.05, 3.63) is 0 Å². The quantitative estimate of drug-likeness (QED) is 0.0497. The average Bonchev–Trinajstić information content (AvgIpc) is 2.79. The van der Waals surface area contributed by atoms with Gasteiger partial charge in [0, 0.05) is 6.54 Å². The van der Waals surface area contributed by atoms with Crippen molar-refractivity contribution in [2.75, 3.05) is 19.6 Å². The number of aliphatic imine (C=N–C) groups is 1. The fourth-order valence-corrected chi connectivity index (χ4v) is 3.10. The summed E-state index contributed by atoms with van der Waals surface area (Å²) in [5.74, 6) is -2.98. The second-order valence-electron chi connectivity index (χ2n) is 8.32. The van der Waals surface area contributed by atoms with Crippen LogP contribution in [0.25, 0.3) is 0 Å². The summed E-state index contributed by atoms with van der Waals surface area (Å²) in [5, 5.41) is 16.7. The van der Waals surface area contributed by atoms with E-state index in [-0.39, 0.29) is 18.8 Å². The molecular formula is C21H43N9O5. The first-order valence-corrected chi connectivity index (χ1v) is 11.9. The number of unbranched alkanes of at least 4 members (excludes halogenated alkanes) is 2. The first-order chi connectivity index (χ1) is 16.5. The van der Waals surface area contributed by atoms with Gasteiger partial charge in [0.2, 0.25) is 17.7 Å². The number of carbonyl (C=O) groups excluding carboxylic acids is 3. The van der Waals surface area contributed by atoms with Crippen LogP contribution in [0.5, 0.6) is 0 Å². The molecule has 0 aromatic heterocycles. The normalized spacial score (nSPS) is 14.2. The molecule has 4 atom stereocenters. The molecule has 0 aromatic carbocycles. The molecule has 0 radical (unpaired) electrons. The van der Waals surface area contributed by atoms with E-state index in [1.807, 2.05) is 0 Å². The van der Waals surface area contributed by atoms with Crippen molar-refractivity contribution in [2.45, 2.75) is 82.5 Å². The molecule has 0 rings (SSSR count). The Balaban J connectivity index is 5.27. The lowest BCUT2D eigenvalue weighted by Crippen LogP contribution is -2.56. The molecule has 0 bridgehead atoms. The fourth-order valence-electron chi connectivity index (χ4n) is 3.10. The van der Waals surface area contributed by atoms with Crippen LogP contribution in [0.4, 0.5) is 0 Å². The predicted octanol–water partition coefficient (Wildman–Crippen LogP) is -2.82. The summed E-state index contributed by atoms with van der Waals surface area (Å²) < 4.78 is 0. The van der Waals surface area contributed by atoms with Crippen molar-refractivity contribution in [3.63, 3.8) is 0 Å². The first kappa shape index (κ1) is 32.0. The van der Waals surface area contributed by atoms with Crippen LogP contribution in [0.1, 0.15) is 58.3 Å². The van der Waals surface area contributed by atoms with Crippen molar-refractivity contribution in [1.29, 1.82) is 0 Å². The van der Waals surface area contributed by atoms with E-state index >= 15 is 0 Å². The highest BCUT2D eigenvalue weighted by Crippen LogP contribution is 2.07. The summed E-state index contributed by atoms with van der Waals surface area (Å²) in [4.78, 5) is 53.2. The highest BCUT2D eigenvalue weighted by Gasteiger charge is 2.29. The fraction of sp³-hybridized carbons (Fsp3) is 0.762. The molecule has 0 heterocycles. The summed E-state index contributed by atoms with van der Waals surface area (Å²) in [6.07, 6.45) is 3.70. The van der Waals surface area contributed by atoms with Crippen LogP contribution in [-0.4, -0.2) is 78.6 Å². The van der Waals surface area contributed by atoms with E-state index in [0.29, 0.717) is 58.2 Å². The number of nitrogens with one attached hydrogen (secondary N) is 3. The summed E-state index contributed by atoms with van der Waals surface area (Å²) in [7, 11) is 0. The number of aliphatic carboxylic acids is 1. The zero-order chi connectivity index (χ0) is 26.8. The van der Waals surface area contributed by atoms with Gasteiger partial charge >= 0.3 is 5.97 Å². The Kier molecular flexibility index (Phi) is 16.8. The molecule has 14 heteroatoms. The lowest BCUT2D eigenvalue weighted by molar-refractivity contribution is -0.141. The molecule has 0 aliphatic carbocycles. The molecule has 0 aromatic rings. The van der Waals surface area contributed by atoms with Gasteiger partial charge in [-0.25, -0.2) is 0 Å². The van der Waals surface area contributed by atoms with E-state index in [1.54, 1.807) is 0 Å². The number of nitrogens with two attached hydrogens (primary N) is 5. The number of nitrogens with zero attached hydrogens (tertiary/aromatic N) is 1. The van der Waals surface area contributed by atoms with E-state index in [0.717, 1.165) is 0 Å². The van der Waals surface area contributed by atoms with Crippen molar-refractivity contribution >= 4 is 29.7 Å². The van der Waals surface area contributed by atoms with Crippen LogP contribution in [-0.2, 0) is 19.2 Å². The molecule has 0 saturated carbocycles. The zero-order valence-electron chi connectivity index (χ0n) is 20.5. The van der Waals surface area contributed by atoms with Gasteiger partial charge < -0.3 is 49.7 Å². The maximum absolute atomic E-state index is 13.0. The van der Waals surface area contributed by atoms with Gasteiger partial charge in [-0.2, -0.15) is 0 Å². The van der Waals surface area contributed by atoms with Gasteiger partial charge in [0.25, 0.3) is 0 Å². The molecule has 3 amide bonds. The minimum Gasteiger partial charge on any atom is -0.480 e. The molecule has 4 unspecified atom stereocenters. The summed E-state index contributed by atoms with van der Waals surface area (Å²) >= 11 is 0. The van der Waals surface area contributed by atoms with Crippen LogP contribution >= 0.6 is 0 Å². The summed E-state index contributed by atoms with van der Waals surface area (Å²) in [6.45, 7) is 2.47. The molecule has 14 nitrogen and oxygen atoms in total. The van der Waals surface area contributed by atoms with E-state index in [9.17, 15) is 19.2 Å². The van der Waals surface area contributed by atoms with Gasteiger partial charge in [0.15, 0.2) is 5.96 Å². The number of hydrogen-bond donors (Lipinski definition) is 9. The predicted molar refractivity (Wildman–Crippen MR) is 133 cm³/mol. The number of hydrogen-bond acceptors (Lipinski definition) is 8. The Morgan fingerprint density at radius 3 is 1.71 bits per heavy atom. The van der Waals surface area contributed by atoms with E-state index in [1.165, 1.54) is 6.92 Å². The van der Waals surface area contributed by atoms with E-state index in [4.69, 9.17) is 33.8 Å². The van der Waals surface area contributed by atoms with Crippen LogP contribution in [0, 0.1) is 0 Å². The zero-order valence-corrected chi connectivity index (χ0v) is 20.5. The van der Waals surface area contributed by atoms with Crippen LogP contribution in [0.15, 0.2) is 4.99 Å². The standard InChI is InChI=1S/C21H43N9O5/c1-13(20(34)35)28-18(32)15(8-2-4-10-22)30-19(33)16(9-3-5-11-23)29-17(31)14(24)7-6-12-27-21(25)26/h13-16H,2-12,22-24H2,1H3,(H,28,32)(H,29,31)(H,30,33)(H,34,35)(H4,25,26,27). The molecule has 35 heavy (non-hydrogen) atoms. The first-order valence-electron chi connectivity index (χ1n) is 11.9. The van der Waals surface area contributed by atoms with Gasteiger partial charge in [-0.3, -0.25) is 24.2 Å². The highest BCUT2D eigenvalue weighted by molar-refractivity contribution is 5.94. The topological polar surface area (TPSA) is 267 Å².